The highest BCUT2D eigenvalue weighted by Gasteiger charge is 2.27. The first-order valence-corrected chi connectivity index (χ1v) is 9.23. The lowest BCUT2D eigenvalue weighted by Gasteiger charge is -2.06. The number of carbonyl (C=O) groups excluding carboxylic acids is 2. The Balaban J connectivity index is 1.70. The van der Waals surface area contributed by atoms with Crippen LogP contribution in [0.3, 0.4) is 0 Å². The molecular weight excluding hydrogens is 376 g/mol. The number of carbonyl (C=O) groups is 2. The second kappa shape index (κ2) is 8.25. The maximum atomic E-state index is 12.7. The molecule has 3 aromatic rings. The van der Waals surface area contributed by atoms with E-state index in [1.165, 1.54) is 0 Å². The Morgan fingerprint density at radius 3 is 2.03 bits per heavy atom. The maximum absolute atomic E-state index is 12.7. The van der Waals surface area contributed by atoms with Gasteiger partial charge < -0.3 is 10.6 Å². The normalized spacial score (nSPS) is 13.5. The number of nitrogens with one attached hydrogen (secondary N) is 2. The molecule has 1 heterocycles. The van der Waals surface area contributed by atoms with Gasteiger partial charge in [0.1, 0.15) is 17.5 Å². The van der Waals surface area contributed by atoms with Crippen molar-refractivity contribution in [2.75, 3.05) is 5.32 Å². The zero-order valence-corrected chi connectivity index (χ0v) is 15.8. The summed E-state index contributed by atoms with van der Waals surface area (Å²) in [6, 6.07) is 26.7. The molecule has 1 aliphatic heterocycles. The minimum absolute atomic E-state index is 0.129. The van der Waals surface area contributed by atoms with Crippen molar-refractivity contribution in [2.24, 2.45) is 4.99 Å². The van der Waals surface area contributed by atoms with Crippen molar-refractivity contribution >= 4 is 29.0 Å². The number of amidine groups is 1. The number of benzene rings is 3. The number of hydrogen-bond acceptors (Lipinski definition) is 4. The molecule has 0 spiro atoms. The Kier molecular flexibility index (Phi) is 5.18. The molecule has 0 radical (unpaired) electrons. The van der Waals surface area contributed by atoms with Crippen LogP contribution in [0.2, 0.25) is 0 Å². The maximum Gasteiger partial charge on any atom is 0.268 e. The lowest BCUT2D eigenvalue weighted by molar-refractivity contribution is -0.112. The fourth-order valence-electron chi connectivity index (χ4n) is 3.11. The monoisotopic (exact) mass is 392 g/mol. The molecule has 0 fully saturated rings. The number of rotatable bonds is 3. The van der Waals surface area contributed by atoms with E-state index in [4.69, 9.17) is 0 Å². The molecule has 144 valence electrons. The van der Waals surface area contributed by atoms with E-state index in [1.807, 2.05) is 24.3 Å². The third kappa shape index (κ3) is 3.73. The zero-order chi connectivity index (χ0) is 20.9. The first-order chi connectivity index (χ1) is 14.7. The molecule has 0 aliphatic carbocycles. The average Bonchev–Trinajstić information content (AvgIpc) is 3.14. The Bertz CT molecular complexity index is 1220. The van der Waals surface area contributed by atoms with Gasteiger partial charge in [0.25, 0.3) is 11.8 Å². The summed E-state index contributed by atoms with van der Waals surface area (Å²) in [4.78, 5) is 29.8. The molecule has 0 aromatic heterocycles. The van der Waals surface area contributed by atoms with Gasteiger partial charge in [0.2, 0.25) is 0 Å². The van der Waals surface area contributed by atoms with E-state index < -0.39 is 5.91 Å². The quantitative estimate of drug-likeness (QED) is 0.525. The molecule has 4 rings (SSSR count). The van der Waals surface area contributed by atoms with Gasteiger partial charge in [-0.3, -0.25) is 9.59 Å². The van der Waals surface area contributed by atoms with E-state index >= 15 is 0 Å². The smallest absolute Gasteiger partial charge is 0.268 e. The van der Waals surface area contributed by atoms with Crippen LogP contribution in [0.4, 0.5) is 5.69 Å². The molecule has 0 atom stereocenters. The topological polar surface area (TPSA) is 94.3 Å². The third-order valence-corrected chi connectivity index (χ3v) is 4.54. The number of nitriles is 1. The fourth-order valence-corrected chi connectivity index (χ4v) is 3.11. The van der Waals surface area contributed by atoms with Crippen LogP contribution in [0.15, 0.2) is 95.5 Å². The summed E-state index contributed by atoms with van der Waals surface area (Å²) in [5.41, 5.74) is 2.42. The van der Waals surface area contributed by atoms with E-state index in [1.54, 1.807) is 66.7 Å². The van der Waals surface area contributed by atoms with E-state index in [9.17, 15) is 14.9 Å². The van der Waals surface area contributed by atoms with Crippen LogP contribution in [0.5, 0.6) is 0 Å². The molecule has 0 saturated carbocycles. The van der Waals surface area contributed by atoms with Crippen LogP contribution in [0.25, 0.3) is 5.70 Å². The van der Waals surface area contributed by atoms with E-state index in [0.29, 0.717) is 28.2 Å². The van der Waals surface area contributed by atoms with Gasteiger partial charge in [-0.1, -0.05) is 60.7 Å². The summed E-state index contributed by atoms with van der Waals surface area (Å²) in [6.07, 6.45) is 0. The molecule has 3 aromatic carbocycles. The second-order valence-corrected chi connectivity index (χ2v) is 6.48. The number of aliphatic imine (C=N–C) groups is 1. The number of amides is 2. The van der Waals surface area contributed by atoms with Crippen LogP contribution in [-0.2, 0) is 4.79 Å². The predicted octanol–water partition coefficient (Wildman–Crippen LogP) is 3.75. The van der Waals surface area contributed by atoms with Gasteiger partial charge >= 0.3 is 0 Å². The SMILES string of the molecule is N#CC(C(=O)Nc1ccccc1)=C1N=C(NC(=O)c2ccccc2)c2ccccc21. The number of hydrogen-bond donors (Lipinski definition) is 2. The number of para-hydroxylation sites is 1. The van der Waals surface area contributed by atoms with Crippen molar-refractivity contribution < 1.29 is 9.59 Å². The Labute approximate surface area is 173 Å². The highest BCUT2D eigenvalue weighted by molar-refractivity contribution is 6.21. The minimum Gasteiger partial charge on any atom is -0.321 e. The van der Waals surface area contributed by atoms with E-state index in [-0.39, 0.29) is 17.2 Å². The van der Waals surface area contributed by atoms with Crippen molar-refractivity contribution in [2.45, 2.75) is 0 Å². The molecule has 2 amide bonds. The molecule has 2 N–H and O–H groups in total. The fraction of sp³-hybridized carbons (Fsp3) is 0. The minimum atomic E-state index is -0.562. The van der Waals surface area contributed by atoms with Crippen molar-refractivity contribution in [3.8, 4) is 6.07 Å². The highest BCUT2D eigenvalue weighted by atomic mass is 16.2. The largest absolute Gasteiger partial charge is 0.321 e. The van der Waals surface area contributed by atoms with E-state index in [0.717, 1.165) is 0 Å². The first-order valence-electron chi connectivity index (χ1n) is 9.23. The molecule has 30 heavy (non-hydrogen) atoms. The van der Waals surface area contributed by atoms with Crippen molar-refractivity contribution in [1.29, 1.82) is 5.26 Å². The van der Waals surface area contributed by atoms with E-state index in [2.05, 4.69) is 15.6 Å². The summed E-state index contributed by atoms with van der Waals surface area (Å²) < 4.78 is 0. The van der Waals surface area contributed by atoms with Crippen LogP contribution in [0, 0.1) is 11.3 Å². The molecule has 0 saturated heterocycles. The molecule has 6 nitrogen and oxygen atoms in total. The van der Waals surface area contributed by atoms with Gasteiger partial charge in [-0.2, -0.15) is 5.26 Å². The predicted molar refractivity (Wildman–Crippen MR) is 114 cm³/mol. The summed E-state index contributed by atoms with van der Waals surface area (Å²) in [7, 11) is 0. The number of fused-ring (bicyclic) bond motifs is 1. The van der Waals surface area contributed by atoms with Gasteiger partial charge in [-0.15, -0.1) is 0 Å². The Morgan fingerprint density at radius 1 is 0.767 bits per heavy atom. The first kappa shape index (κ1) is 18.8. The molecule has 0 unspecified atom stereocenters. The standard InChI is InChI=1S/C24H16N4O2/c25-15-20(24(30)26-17-11-5-2-6-12-17)21-18-13-7-8-14-19(18)22(27-21)28-23(29)16-9-3-1-4-10-16/h1-14H,(H,26,30)(H,27,28,29). The van der Waals surface area contributed by atoms with Gasteiger partial charge in [-0.05, 0) is 24.3 Å². The molecule has 1 aliphatic rings. The molecule has 0 bridgehead atoms. The van der Waals surface area contributed by atoms with Crippen LogP contribution < -0.4 is 10.6 Å². The summed E-state index contributed by atoms with van der Waals surface area (Å²) >= 11 is 0. The highest BCUT2D eigenvalue weighted by Crippen LogP contribution is 2.31. The molecular formula is C24H16N4O2. The summed E-state index contributed by atoms with van der Waals surface area (Å²) in [5, 5.41) is 15.2. The second-order valence-electron chi connectivity index (χ2n) is 6.48. The third-order valence-electron chi connectivity index (χ3n) is 4.54. The van der Waals surface area contributed by atoms with Crippen molar-refractivity contribution in [3.63, 3.8) is 0 Å². The number of nitrogens with zero attached hydrogens (tertiary/aromatic N) is 2. The van der Waals surface area contributed by atoms with Crippen molar-refractivity contribution in [3.05, 3.63) is 107 Å². The van der Waals surface area contributed by atoms with Crippen LogP contribution in [-0.4, -0.2) is 17.6 Å². The van der Waals surface area contributed by atoms with Gasteiger partial charge in [0, 0.05) is 22.4 Å². The van der Waals surface area contributed by atoms with Crippen molar-refractivity contribution in [1.82, 2.24) is 5.32 Å². The Morgan fingerprint density at radius 2 is 1.37 bits per heavy atom. The number of anilines is 1. The average molecular weight is 392 g/mol. The van der Waals surface area contributed by atoms with Gasteiger partial charge in [-0.25, -0.2) is 4.99 Å². The van der Waals surface area contributed by atoms with Gasteiger partial charge in [0.15, 0.2) is 0 Å². The summed E-state index contributed by atoms with van der Waals surface area (Å²) in [6.45, 7) is 0. The summed E-state index contributed by atoms with van der Waals surface area (Å²) in [5.74, 6) is -0.583. The Hall–Kier alpha value is -4.50. The zero-order valence-electron chi connectivity index (χ0n) is 15.8. The lowest BCUT2D eigenvalue weighted by Crippen LogP contribution is -2.30. The lowest BCUT2D eigenvalue weighted by atomic mass is 10.0. The molecule has 6 heteroatoms. The van der Waals surface area contributed by atoms with Gasteiger partial charge in [0.05, 0.1) is 5.70 Å². The van der Waals surface area contributed by atoms with Crippen LogP contribution in [0.1, 0.15) is 21.5 Å². The van der Waals surface area contributed by atoms with Crippen LogP contribution >= 0.6 is 0 Å².